The Labute approximate surface area is 103 Å². The Morgan fingerprint density at radius 2 is 1.82 bits per heavy atom. The van der Waals surface area contributed by atoms with Gasteiger partial charge in [-0.3, -0.25) is 0 Å². The van der Waals surface area contributed by atoms with Gasteiger partial charge in [-0.25, -0.2) is 0 Å². The largest absolute Gasteiger partial charge is 0.469 e. The van der Waals surface area contributed by atoms with Crippen LogP contribution in [0.5, 0.6) is 0 Å². The first kappa shape index (κ1) is 11.9. The molecule has 0 spiro atoms. The fourth-order valence-corrected chi connectivity index (χ4v) is 2.26. The topological polar surface area (TPSA) is 25.2 Å². The molecule has 2 nitrogen and oxygen atoms in total. The highest BCUT2D eigenvalue weighted by molar-refractivity contribution is 5.41. The van der Waals surface area contributed by atoms with E-state index in [1.165, 1.54) is 22.3 Å². The molecule has 0 saturated heterocycles. The van der Waals surface area contributed by atoms with Crippen LogP contribution in [0.15, 0.2) is 34.9 Å². The summed E-state index contributed by atoms with van der Waals surface area (Å²) in [6.45, 7) is 6.32. The van der Waals surface area contributed by atoms with E-state index in [2.05, 4.69) is 37.4 Å². The SMILES string of the molecule is CNC(c1ccoc1C)c1cccc(C)c1C. The van der Waals surface area contributed by atoms with Crippen molar-refractivity contribution in [3.05, 3.63) is 58.5 Å². The third kappa shape index (κ3) is 2.13. The molecule has 1 heterocycles. The normalized spacial score (nSPS) is 12.7. The summed E-state index contributed by atoms with van der Waals surface area (Å²) in [5.74, 6) is 0.977. The van der Waals surface area contributed by atoms with Crippen molar-refractivity contribution in [3.8, 4) is 0 Å². The summed E-state index contributed by atoms with van der Waals surface area (Å²) in [5.41, 5.74) is 5.19. The maximum Gasteiger partial charge on any atom is 0.105 e. The maximum absolute atomic E-state index is 5.40. The van der Waals surface area contributed by atoms with Gasteiger partial charge >= 0.3 is 0 Å². The average Bonchev–Trinajstić information content (AvgIpc) is 2.72. The predicted octanol–water partition coefficient (Wildman–Crippen LogP) is 3.51. The molecule has 2 rings (SSSR count). The van der Waals surface area contributed by atoms with Gasteiger partial charge in [0.05, 0.1) is 12.3 Å². The molecule has 90 valence electrons. The van der Waals surface area contributed by atoms with Crippen molar-refractivity contribution in [1.82, 2.24) is 5.32 Å². The van der Waals surface area contributed by atoms with E-state index >= 15 is 0 Å². The first-order chi connectivity index (χ1) is 8.15. The summed E-state index contributed by atoms with van der Waals surface area (Å²) in [6.07, 6.45) is 1.75. The molecule has 2 aromatic rings. The van der Waals surface area contributed by atoms with Crippen LogP contribution in [0.1, 0.15) is 34.1 Å². The maximum atomic E-state index is 5.40. The van der Waals surface area contributed by atoms with Crippen LogP contribution >= 0.6 is 0 Å². The van der Waals surface area contributed by atoms with E-state index < -0.39 is 0 Å². The molecule has 1 unspecified atom stereocenters. The summed E-state index contributed by atoms with van der Waals surface area (Å²) in [6, 6.07) is 8.67. The van der Waals surface area contributed by atoms with Gasteiger partial charge in [-0.05, 0) is 50.6 Å². The third-order valence-corrected chi connectivity index (χ3v) is 3.46. The van der Waals surface area contributed by atoms with E-state index in [9.17, 15) is 0 Å². The molecule has 1 aromatic carbocycles. The zero-order valence-corrected chi connectivity index (χ0v) is 10.9. The summed E-state index contributed by atoms with van der Waals surface area (Å²) < 4.78 is 5.40. The first-order valence-corrected chi connectivity index (χ1v) is 5.92. The van der Waals surface area contributed by atoms with Gasteiger partial charge in [0.15, 0.2) is 0 Å². The molecule has 17 heavy (non-hydrogen) atoms. The Bertz CT molecular complexity index is 513. The van der Waals surface area contributed by atoms with Crippen LogP contribution in [0.3, 0.4) is 0 Å². The van der Waals surface area contributed by atoms with Crippen LogP contribution in [0.25, 0.3) is 0 Å². The van der Waals surface area contributed by atoms with Crippen LogP contribution in [0.2, 0.25) is 0 Å². The number of furan rings is 1. The van der Waals surface area contributed by atoms with Crippen LogP contribution in [0.4, 0.5) is 0 Å². The minimum atomic E-state index is 0.202. The van der Waals surface area contributed by atoms with E-state index in [4.69, 9.17) is 4.42 Å². The van der Waals surface area contributed by atoms with Crippen LogP contribution in [-0.2, 0) is 0 Å². The lowest BCUT2D eigenvalue weighted by molar-refractivity contribution is 0.523. The van der Waals surface area contributed by atoms with Crippen molar-refractivity contribution in [2.45, 2.75) is 26.8 Å². The number of hydrogen-bond acceptors (Lipinski definition) is 2. The van der Waals surface area contributed by atoms with Crippen molar-refractivity contribution in [3.63, 3.8) is 0 Å². The second-order valence-electron chi connectivity index (χ2n) is 4.44. The third-order valence-electron chi connectivity index (χ3n) is 3.46. The fraction of sp³-hybridized carbons (Fsp3) is 0.333. The van der Waals surface area contributed by atoms with Gasteiger partial charge in [0, 0.05) is 5.56 Å². The Balaban J connectivity index is 2.50. The molecule has 0 fully saturated rings. The monoisotopic (exact) mass is 229 g/mol. The minimum Gasteiger partial charge on any atom is -0.469 e. The van der Waals surface area contributed by atoms with E-state index in [0.717, 1.165) is 5.76 Å². The molecule has 0 radical (unpaired) electrons. The Hall–Kier alpha value is -1.54. The molecular formula is C15H19NO. The van der Waals surface area contributed by atoms with Crippen LogP contribution in [0, 0.1) is 20.8 Å². The Kier molecular flexibility index (Phi) is 3.34. The summed E-state index contributed by atoms with van der Waals surface area (Å²) in [5, 5.41) is 3.37. The summed E-state index contributed by atoms with van der Waals surface area (Å²) in [7, 11) is 1.98. The smallest absolute Gasteiger partial charge is 0.105 e. The highest BCUT2D eigenvalue weighted by Crippen LogP contribution is 2.28. The molecule has 2 heteroatoms. The van der Waals surface area contributed by atoms with Gasteiger partial charge in [-0.2, -0.15) is 0 Å². The number of rotatable bonds is 3. The average molecular weight is 229 g/mol. The molecule has 0 bridgehead atoms. The lowest BCUT2D eigenvalue weighted by Crippen LogP contribution is -2.19. The van der Waals surface area contributed by atoms with E-state index in [0.29, 0.717) is 0 Å². The lowest BCUT2D eigenvalue weighted by Gasteiger charge is -2.19. The second kappa shape index (κ2) is 4.76. The molecule has 1 atom stereocenters. The van der Waals surface area contributed by atoms with Crippen molar-refractivity contribution in [2.75, 3.05) is 7.05 Å². The highest BCUT2D eigenvalue weighted by atomic mass is 16.3. The van der Waals surface area contributed by atoms with E-state index in [1.54, 1.807) is 6.26 Å². The van der Waals surface area contributed by atoms with Gasteiger partial charge < -0.3 is 9.73 Å². The van der Waals surface area contributed by atoms with Crippen LogP contribution in [-0.4, -0.2) is 7.05 Å². The van der Waals surface area contributed by atoms with Crippen molar-refractivity contribution in [1.29, 1.82) is 0 Å². The quantitative estimate of drug-likeness (QED) is 0.871. The Morgan fingerprint density at radius 1 is 1.06 bits per heavy atom. The van der Waals surface area contributed by atoms with Crippen molar-refractivity contribution < 1.29 is 4.42 Å². The molecule has 1 N–H and O–H groups in total. The molecular weight excluding hydrogens is 210 g/mol. The molecule has 0 aliphatic carbocycles. The molecule has 1 aromatic heterocycles. The van der Waals surface area contributed by atoms with Gasteiger partial charge in [-0.1, -0.05) is 18.2 Å². The molecule has 0 amide bonds. The summed E-state index contributed by atoms with van der Waals surface area (Å²) >= 11 is 0. The highest BCUT2D eigenvalue weighted by Gasteiger charge is 2.18. The first-order valence-electron chi connectivity index (χ1n) is 5.92. The lowest BCUT2D eigenvalue weighted by atomic mass is 9.93. The standard InChI is InChI=1S/C15H19NO/c1-10-6-5-7-13(11(10)2)15(16-4)14-8-9-17-12(14)3/h5-9,15-16H,1-4H3. The van der Waals surface area contributed by atoms with Gasteiger partial charge in [0.2, 0.25) is 0 Å². The van der Waals surface area contributed by atoms with Crippen molar-refractivity contribution in [2.24, 2.45) is 0 Å². The van der Waals surface area contributed by atoms with Crippen molar-refractivity contribution >= 4 is 0 Å². The molecule has 0 aliphatic rings. The molecule has 0 saturated carbocycles. The second-order valence-corrected chi connectivity index (χ2v) is 4.44. The number of hydrogen-bond donors (Lipinski definition) is 1. The van der Waals surface area contributed by atoms with E-state index in [1.807, 2.05) is 20.0 Å². The van der Waals surface area contributed by atoms with Gasteiger partial charge in [0.1, 0.15) is 5.76 Å². The number of nitrogens with one attached hydrogen (secondary N) is 1. The summed E-state index contributed by atoms with van der Waals surface area (Å²) in [4.78, 5) is 0. The predicted molar refractivity (Wildman–Crippen MR) is 70.3 cm³/mol. The zero-order valence-electron chi connectivity index (χ0n) is 10.9. The number of benzene rings is 1. The van der Waals surface area contributed by atoms with Crippen LogP contribution < -0.4 is 5.32 Å². The minimum absolute atomic E-state index is 0.202. The fourth-order valence-electron chi connectivity index (χ4n) is 2.26. The Morgan fingerprint density at radius 3 is 2.41 bits per heavy atom. The van der Waals surface area contributed by atoms with Gasteiger partial charge in [0.25, 0.3) is 0 Å². The zero-order chi connectivity index (χ0) is 12.4. The van der Waals surface area contributed by atoms with Gasteiger partial charge in [-0.15, -0.1) is 0 Å². The van der Waals surface area contributed by atoms with E-state index in [-0.39, 0.29) is 6.04 Å². The number of aryl methyl sites for hydroxylation is 2. The molecule has 0 aliphatic heterocycles.